The van der Waals surface area contributed by atoms with Crippen LogP contribution in [0.4, 0.5) is 10.1 Å². The lowest BCUT2D eigenvalue weighted by Gasteiger charge is -2.23. The minimum atomic E-state index is -0.472. The summed E-state index contributed by atoms with van der Waals surface area (Å²) in [4.78, 5) is 0. The van der Waals surface area contributed by atoms with Crippen molar-refractivity contribution in [2.75, 3.05) is 12.3 Å². The highest BCUT2D eigenvalue weighted by Crippen LogP contribution is 2.28. The number of anilines is 1. The van der Waals surface area contributed by atoms with Crippen molar-refractivity contribution in [2.24, 2.45) is 0 Å². The SMILES string of the molecule is CC1(Cn2nnnc2-c2ccc(N)c(F)c2)CCCO1. The number of rotatable bonds is 3. The van der Waals surface area contributed by atoms with Gasteiger partial charge in [-0.3, -0.25) is 0 Å². The van der Waals surface area contributed by atoms with E-state index in [9.17, 15) is 4.39 Å². The van der Waals surface area contributed by atoms with Gasteiger partial charge in [0.25, 0.3) is 0 Å². The molecule has 1 aromatic carbocycles. The quantitative estimate of drug-likeness (QED) is 0.863. The summed E-state index contributed by atoms with van der Waals surface area (Å²) in [6, 6.07) is 4.56. The molecular formula is C13H16FN5O. The Balaban J connectivity index is 1.91. The van der Waals surface area contributed by atoms with Gasteiger partial charge in [-0.1, -0.05) is 0 Å². The maximum atomic E-state index is 13.6. The fourth-order valence-electron chi connectivity index (χ4n) is 2.46. The molecule has 6 nitrogen and oxygen atoms in total. The normalized spacial score (nSPS) is 22.3. The first-order chi connectivity index (χ1) is 9.57. The largest absolute Gasteiger partial charge is 0.396 e. The number of benzene rings is 1. The van der Waals surface area contributed by atoms with Crippen LogP contribution in [0.15, 0.2) is 18.2 Å². The number of tetrazole rings is 1. The Labute approximate surface area is 115 Å². The van der Waals surface area contributed by atoms with Gasteiger partial charge in [-0.2, -0.15) is 0 Å². The van der Waals surface area contributed by atoms with Crippen LogP contribution in [-0.4, -0.2) is 32.4 Å². The lowest BCUT2D eigenvalue weighted by atomic mass is 10.0. The molecule has 0 radical (unpaired) electrons. The standard InChI is InChI=1S/C13H16FN5O/c1-13(5-2-6-20-13)8-19-12(16-17-18-19)9-3-4-11(15)10(14)7-9/h3-4,7H,2,5-6,8,15H2,1H3. The minimum absolute atomic E-state index is 0.110. The molecule has 0 spiro atoms. The number of aromatic nitrogens is 4. The number of hydrogen-bond acceptors (Lipinski definition) is 5. The third-order valence-electron chi connectivity index (χ3n) is 3.58. The van der Waals surface area contributed by atoms with Crippen molar-refractivity contribution >= 4 is 5.69 Å². The van der Waals surface area contributed by atoms with Crippen LogP contribution in [0.3, 0.4) is 0 Å². The van der Waals surface area contributed by atoms with E-state index in [1.807, 2.05) is 6.92 Å². The molecule has 2 N–H and O–H groups in total. The molecule has 20 heavy (non-hydrogen) atoms. The topological polar surface area (TPSA) is 78.9 Å². The van der Waals surface area contributed by atoms with Crippen LogP contribution in [-0.2, 0) is 11.3 Å². The molecule has 1 atom stereocenters. The average Bonchev–Trinajstić information content (AvgIpc) is 3.03. The van der Waals surface area contributed by atoms with Crippen molar-refractivity contribution in [3.8, 4) is 11.4 Å². The molecule has 1 saturated heterocycles. The zero-order valence-corrected chi connectivity index (χ0v) is 11.2. The minimum Gasteiger partial charge on any atom is -0.396 e. The Morgan fingerprint density at radius 3 is 3.05 bits per heavy atom. The number of nitrogen functional groups attached to an aromatic ring is 1. The molecule has 7 heteroatoms. The second kappa shape index (κ2) is 4.82. The van der Waals surface area contributed by atoms with Crippen molar-refractivity contribution in [2.45, 2.75) is 31.9 Å². The first-order valence-electron chi connectivity index (χ1n) is 6.53. The number of hydrogen-bond donors (Lipinski definition) is 1. The van der Waals surface area contributed by atoms with E-state index >= 15 is 0 Å². The molecule has 0 amide bonds. The Kier molecular flexibility index (Phi) is 3.13. The van der Waals surface area contributed by atoms with E-state index in [1.54, 1.807) is 10.7 Å². The molecule has 0 saturated carbocycles. The molecule has 2 aromatic rings. The van der Waals surface area contributed by atoms with Crippen molar-refractivity contribution in [3.05, 3.63) is 24.0 Å². The Bertz CT molecular complexity index is 621. The first-order valence-corrected chi connectivity index (χ1v) is 6.53. The van der Waals surface area contributed by atoms with Crippen LogP contribution in [0.1, 0.15) is 19.8 Å². The van der Waals surface area contributed by atoms with Crippen molar-refractivity contribution in [3.63, 3.8) is 0 Å². The van der Waals surface area contributed by atoms with Gasteiger partial charge in [0.05, 0.1) is 17.8 Å². The summed E-state index contributed by atoms with van der Waals surface area (Å²) in [6.45, 7) is 3.33. The van der Waals surface area contributed by atoms with Gasteiger partial charge in [-0.25, -0.2) is 9.07 Å². The molecule has 2 heterocycles. The van der Waals surface area contributed by atoms with E-state index in [4.69, 9.17) is 10.5 Å². The van der Waals surface area contributed by atoms with Gasteiger partial charge < -0.3 is 10.5 Å². The predicted octanol–water partition coefficient (Wildman–Crippen LogP) is 1.63. The maximum Gasteiger partial charge on any atom is 0.182 e. The fraction of sp³-hybridized carbons (Fsp3) is 0.462. The highest BCUT2D eigenvalue weighted by Gasteiger charge is 2.31. The molecule has 1 unspecified atom stereocenters. The van der Waals surface area contributed by atoms with Crippen LogP contribution >= 0.6 is 0 Å². The smallest absolute Gasteiger partial charge is 0.182 e. The highest BCUT2D eigenvalue weighted by atomic mass is 19.1. The Morgan fingerprint density at radius 1 is 1.50 bits per heavy atom. The predicted molar refractivity (Wildman–Crippen MR) is 71.2 cm³/mol. The molecule has 1 aliphatic heterocycles. The first kappa shape index (κ1) is 13.0. The van der Waals surface area contributed by atoms with Gasteiger partial charge in [0.1, 0.15) is 5.82 Å². The Hall–Kier alpha value is -2.02. The molecule has 106 valence electrons. The van der Waals surface area contributed by atoms with E-state index in [0.717, 1.165) is 19.4 Å². The number of halogens is 1. The van der Waals surface area contributed by atoms with Gasteiger partial charge in [-0.15, -0.1) is 5.10 Å². The highest BCUT2D eigenvalue weighted by molar-refractivity contribution is 5.59. The van der Waals surface area contributed by atoms with Crippen LogP contribution in [0.5, 0.6) is 0 Å². The summed E-state index contributed by atoms with van der Waals surface area (Å²) >= 11 is 0. The van der Waals surface area contributed by atoms with Gasteiger partial charge in [0.2, 0.25) is 0 Å². The second-order valence-corrected chi connectivity index (χ2v) is 5.30. The summed E-state index contributed by atoms with van der Waals surface area (Å²) < 4.78 is 20.9. The summed E-state index contributed by atoms with van der Waals surface area (Å²) in [5, 5.41) is 11.6. The van der Waals surface area contributed by atoms with E-state index in [2.05, 4.69) is 15.5 Å². The van der Waals surface area contributed by atoms with Crippen LogP contribution in [0, 0.1) is 5.82 Å². The van der Waals surface area contributed by atoms with Crippen molar-refractivity contribution in [1.29, 1.82) is 0 Å². The molecule has 3 rings (SSSR count). The molecule has 1 aliphatic rings. The fourth-order valence-corrected chi connectivity index (χ4v) is 2.46. The van der Waals surface area contributed by atoms with Gasteiger partial charge >= 0.3 is 0 Å². The van der Waals surface area contributed by atoms with Crippen molar-refractivity contribution < 1.29 is 9.13 Å². The summed E-state index contributed by atoms with van der Waals surface area (Å²) in [5.41, 5.74) is 5.92. The maximum absolute atomic E-state index is 13.6. The molecular weight excluding hydrogens is 261 g/mol. The number of ether oxygens (including phenoxy) is 1. The number of nitrogens with zero attached hydrogens (tertiary/aromatic N) is 4. The van der Waals surface area contributed by atoms with E-state index in [1.165, 1.54) is 12.1 Å². The summed E-state index contributed by atoms with van der Waals surface area (Å²) in [7, 11) is 0. The zero-order valence-electron chi connectivity index (χ0n) is 11.2. The third kappa shape index (κ3) is 2.36. The number of nitrogens with two attached hydrogens (primary N) is 1. The average molecular weight is 277 g/mol. The molecule has 1 fully saturated rings. The van der Waals surface area contributed by atoms with Gasteiger partial charge in [0.15, 0.2) is 5.82 Å². The van der Waals surface area contributed by atoms with E-state index in [0.29, 0.717) is 17.9 Å². The summed E-state index contributed by atoms with van der Waals surface area (Å²) in [5.74, 6) is 0.0426. The van der Waals surface area contributed by atoms with E-state index in [-0.39, 0.29) is 11.3 Å². The van der Waals surface area contributed by atoms with E-state index < -0.39 is 5.82 Å². The van der Waals surface area contributed by atoms with Gasteiger partial charge in [-0.05, 0) is 48.4 Å². The zero-order chi connectivity index (χ0) is 14.2. The van der Waals surface area contributed by atoms with Crippen molar-refractivity contribution in [1.82, 2.24) is 20.2 Å². The Morgan fingerprint density at radius 2 is 2.35 bits per heavy atom. The molecule has 1 aromatic heterocycles. The summed E-state index contributed by atoms with van der Waals surface area (Å²) in [6.07, 6.45) is 1.99. The lowest BCUT2D eigenvalue weighted by molar-refractivity contribution is 0.00355. The van der Waals surface area contributed by atoms with Crippen LogP contribution < -0.4 is 5.73 Å². The third-order valence-corrected chi connectivity index (χ3v) is 3.58. The van der Waals surface area contributed by atoms with Gasteiger partial charge in [0, 0.05) is 12.2 Å². The molecule has 0 aliphatic carbocycles. The second-order valence-electron chi connectivity index (χ2n) is 5.30. The lowest BCUT2D eigenvalue weighted by Crippen LogP contribution is -2.30. The monoisotopic (exact) mass is 277 g/mol. The van der Waals surface area contributed by atoms with Crippen LogP contribution in [0.25, 0.3) is 11.4 Å². The van der Waals surface area contributed by atoms with Crippen LogP contribution in [0.2, 0.25) is 0 Å². The molecule has 0 bridgehead atoms.